The molecule has 1 heterocycles. The summed E-state index contributed by atoms with van der Waals surface area (Å²) < 4.78 is 0. The molecule has 78 valence electrons. The van der Waals surface area contributed by atoms with Crippen LogP contribution >= 0.6 is 0 Å². The predicted octanol–water partition coefficient (Wildman–Crippen LogP) is 1.08. The van der Waals surface area contributed by atoms with Gasteiger partial charge in [0.15, 0.2) is 0 Å². The van der Waals surface area contributed by atoms with E-state index < -0.39 is 0 Å². The largest absolute Gasteiger partial charge is 0.356 e. The topological polar surface area (TPSA) is 57.8 Å². The molecule has 15 heavy (non-hydrogen) atoms. The summed E-state index contributed by atoms with van der Waals surface area (Å²) in [5.74, 6) is 4.30. The van der Waals surface area contributed by atoms with E-state index >= 15 is 0 Å². The van der Waals surface area contributed by atoms with E-state index in [-0.39, 0.29) is 11.6 Å². The first-order chi connectivity index (χ1) is 7.19. The third-order valence-electron chi connectivity index (χ3n) is 2.34. The Balaban J connectivity index is 2.24. The van der Waals surface area contributed by atoms with Gasteiger partial charge in [0, 0.05) is 12.0 Å². The van der Waals surface area contributed by atoms with E-state index in [4.69, 9.17) is 6.42 Å². The van der Waals surface area contributed by atoms with Crippen LogP contribution < -0.4 is 10.9 Å². The van der Waals surface area contributed by atoms with Gasteiger partial charge in [0.2, 0.25) is 0 Å². The summed E-state index contributed by atoms with van der Waals surface area (Å²) >= 11 is 0. The lowest BCUT2D eigenvalue weighted by atomic mass is 10.3. The highest BCUT2D eigenvalue weighted by Crippen LogP contribution is 2.37. The number of nitrogens with one attached hydrogen (secondary N) is 2. The minimum absolute atomic E-state index is 0.119. The standard InChI is InChI=1S/C11H13N3O/c1-3-7(2)12-9-6-10(15)14-11(13-9)8-4-5-8/h1,6-8H,4-5H2,2H3,(H2,12,13,14,15). The number of terminal acetylenes is 1. The molecular formula is C11H13N3O. The van der Waals surface area contributed by atoms with Crippen LogP contribution in [0.15, 0.2) is 10.9 Å². The fourth-order valence-electron chi connectivity index (χ4n) is 1.36. The smallest absolute Gasteiger partial charge is 0.252 e. The van der Waals surface area contributed by atoms with Crippen molar-refractivity contribution in [1.29, 1.82) is 0 Å². The molecule has 4 nitrogen and oxygen atoms in total. The van der Waals surface area contributed by atoms with E-state index in [1.165, 1.54) is 6.07 Å². The molecule has 1 aromatic rings. The average molecular weight is 203 g/mol. The predicted molar refractivity (Wildman–Crippen MR) is 58.8 cm³/mol. The Bertz CT molecular complexity index is 454. The fourth-order valence-corrected chi connectivity index (χ4v) is 1.36. The molecule has 2 N–H and O–H groups in total. The number of aromatic nitrogens is 2. The Labute approximate surface area is 88.1 Å². The average Bonchev–Trinajstić information content (AvgIpc) is 2.99. The number of hydrogen-bond donors (Lipinski definition) is 2. The number of rotatable bonds is 3. The van der Waals surface area contributed by atoms with Gasteiger partial charge < -0.3 is 10.3 Å². The molecule has 1 unspecified atom stereocenters. The van der Waals surface area contributed by atoms with E-state index in [9.17, 15) is 4.79 Å². The summed E-state index contributed by atoms with van der Waals surface area (Å²) in [4.78, 5) is 18.4. The van der Waals surface area contributed by atoms with Crippen LogP contribution in [0.3, 0.4) is 0 Å². The van der Waals surface area contributed by atoms with Gasteiger partial charge in [0.1, 0.15) is 11.6 Å². The summed E-state index contributed by atoms with van der Waals surface area (Å²) in [7, 11) is 0. The molecule has 1 aliphatic carbocycles. The molecule has 2 rings (SSSR count). The Morgan fingerprint density at radius 2 is 2.47 bits per heavy atom. The number of anilines is 1. The van der Waals surface area contributed by atoms with Crippen molar-refractivity contribution in [2.45, 2.75) is 31.7 Å². The zero-order valence-corrected chi connectivity index (χ0v) is 8.58. The highest BCUT2D eigenvalue weighted by Gasteiger charge is 2.26. The Kier molecular flexibility index (Phi) is 2.46. The van der Waals surface area contributed by atoms with E-state index in [0.717, 1.165) is 18.7 Å². The molecular weight excluding hydrogens is 190 g/mol. The summed E-state index contributed by atoms with van der Waals surface area (Å²) in [5, 5.41) is 2.99. The monoisotopic (exact) mass is 203 g/mol. The van der Waals surface area contributed by atoms with Crippen LogP contribution in [0.4, 0.5) is 5.82 Å². The van der Waals surface area contributed by atoms with Crippen molar-refractivity contribution in [1.82, 2.24) is 9.97 Å². The van der Waals surface area contributed by atoms with Crippen molar-refractivity contribution in [3.8, 4) is 12.3 Å². The van der Waals surface area contributed by atoms with Gasteiger partial charge >= 0.3 is 0 Å². The number of hydrogen-bond acceptors (Lipinski definition) is 3. The quantitative estimate of drug-likeness (QED) is 0.723. The first-order valence-corrected chi connectivity index (χ1v) is 5.03. The third-order valence-corrected chi connectivity index (χ3v) is 2.34. The first-order valence-electron chi connectivity index (χ1n) is 5.03. The molecule has 1 aliphatic rings. The normalized spacial score (nSPS) is 16.8. The molecule has 0 aliphatic heterocycles. The van der Waals surface area contributed by atoms with Gasteiger partial charge in [0.05, 0.1) is 6.04 Å². The Morgan fingerprint density at radius 3 is 3.07 bits per heavy atom. The van der Waals surface area contributed by atoms with Crippen LogP contribution in [0.1, 0.15) is 31.5 Å². The van der Waals surface area contributed by atoms with E-state index in [1.807, 2.05) is 6.92 Å². The molecule has 0 spiro atoms. The van der Waals surface area contributed by atoms with Gasteiger partial charge in [-0.25, -0.2) is 4.98 Å². The second-order valence-corrected chi connectivity index (χ2v) is 3.82. The van der Waals surface area contributed by atoms with Crippen LogP contribution in [0, 0.1) is 12.3 Å². The van der Waals surface area contributed by atoms with Crippen molar-refractivity contribution in [2.24, 2.45) is 0 Å². The second-order valence-electron chi connectivity index (χ2n) is 3.82. The molecule has 1 saturated carbocycles. The van der Waals surface area contributed by atoms with Gasteiger partial charge in [-0.05, 0) is 19.8 Å². The molecule has 0 bridgehead atoms. The lowest BCUT2D eigenvalue weighted by Gasteiger charge is -2.08. The van der Waals surface area contributed by atoms with Crippen molar-refractivity contribution in [2.75, 3.05) is 5.32 Å². The van der Waals surface area contributed by atoms with Gasteiger partial charge in [-0.15, -0.1) is 6.42 Å². The minimum Gasteiger partial charge on any atom is -0.356 e. The molecule has 1 fully saturated rings. The molecule has 0 saturated heterocycles. The minimum atomic E-state index is -0.126. The van der Waals surface area contributed by atoms with Crippen LogP contribution in [0.2, 0.25) is 0 Å². The number of H-pyrrole nitrogens is 1. The van der Waals surface area contributed by atoms with Crippen LogP contribution in [0.5, 0.6) is 0 Å². The van der Waals surface area contributed by atoms with E-state index in [2.05, 4.69) is 21.2 Å². The fraction of sp³-hybridized carbons (Fsp3) is 0.455. The molecule has 0 aromatic carbocycles. The zero-order chi connectivity index (χ0) is 10.8. The number of nitrogens with zero attached hydrogens (tertiary/aromatic N) is 1. The van der Waals surface area contributed by atoms with Crippen LogP contribution in [0.25, 0.3) is 0 Å². The number of aromatic amines is 1. The molecule has 1 atom stereocenters. The maximum Gasteiger partial charge on any atom is 0.252 e. The van der Waals surface area contributed by atoms with Crippen molar-refractivity contribution < 1.29 is 0 Å². The second kappa shape index (κ2) is 3.77. The summed E-state index contributed by atoms with van der Waals surface area (Å²) in [6.07, 6.45) is 7.46. The summed E-state index contributed by atoms with van der Waals surface area (Å²) in [5.41, 5.74) is -0.126. The first kappa shape index (κ1) is 9.78. The third kappa shape index (κ3) is 2.38. The maximum absolute atomic E-state index is 11.3. The van der Waals surface area contributed by atoms with Crippen LogP contribution in [-0.4, -0.2) is 16.0 Å². The van der Waals surface area contributed by atoms with Gasteiger partial charge in [-0.2, -0.15) is 0 Å². The Hall–Kier alpha value is -1.76. The van der Waals surface area contributed by atoms with Crippen molar-refractivity contribution in [3.05, 3.63) is 22.2 Å². The summed E-state index contributed by atoms with van der Waals surface area (Å²) in [6.45, 7) is 1.85. The highest BCUT2D eigenvalue weighted by atomic mass is 16.1. The van der Waals surface area contributed by atoms with Crippen LogP contribution in [-0.2, 0) is 0 Å². The van der Waals surface area contributed by atoms with E-state index in [0.29, 0.717) is 11.7 Å². The SMILES string of the molecule is C#CC(C)Nc1cc(=O)[nH]c(C2CC2)n1. The van der Waals surface area contributed by atoms with Gasteiger partial charge in [0.25, 0.3) is 5.56 Å². The Morgan fingerprint density at radius 1 is 1.73 bits per heavy atom. The molecule has 1 aromatic heterocycles. The van der Waals surface area contributed by atoms with Crippen molar-refractivity contribution in [3.63, 3.8) is 0 Å². The molecule has 0 radical (unpaired) electrons. The lowest BCUT2D eigenvalue weighted by molar-refractivity contribution is 0.895. The summed E-state index contributed by atoms with van der Waals surface area (Å²) in [6, 6.07) is 1.31. The zero-order valence-electron chi connectivity index (χ0n) is 8.58. The lowest BCUT2D eigenvalue weighted by Crippen LogP contribution is -2.18. The maximum atomic E-state index is 11.3. The van der Waals surface area contributed by atoms with Gasteiger partial charge in [-0.1, -0.05) is 5.92 Å². The molecule has 0 amide bonds. The van der Waals surface area contributed by atoms with E-state index in [1.54, 1.807) is 0 Å². The highest BCUT2D eigenvalue weighted by molar-refractivity contribution is 5.37. The van der Waals surface area contributed by atoms with Crippen molar-refractivity contribution >= 4 is 5.82 Å². The van der Waals surface area contributed by atoms with Gasteiger partial charge in [-0.3, -0.25) is 4.79 Å². The molecule has 4 heteroatoms.